The van der Waals surface area contributed by atoms with Gasteiger partial charge in [-0.15, -0.1) is 0 Å². The number of nitrogens with two attached hydrogens (primary N) is 1. The van der Waals surface area contributed by atoms with Crippen molar-refractivity contribution in [2.45, 2.75) is 31.7 Å². The lowest BCUT2D eigenvalue weighted by atomic mass is 9.90. The Hall–Kier alpha value is -1.50. The first-order chi connectivity index (χ1) is 6.80. The molecule has 0 spiro atoms. The largest absolute Gasteiger partial charge is 0.480 e. The number of carbonyl (C=O) groups excluding carboxylic acids is 1. The van der Waals surface area contributed by atoms with Crippen LogP contribution in [0.5, 0.6) is 0 Å². The number of ketones is 1. The van der Waals surface area contributed by atoms with E-state index in [4.69, 9.17) is 10.8 Å². The number of carbonyl (C=O) groups is 2. The zero-order valence-corrected chi connectivity index (χ0v) is 8.43. The van der Waals surface area contributed by atoms with Gasteiger partial charge in [-0.1, -0.05) is 0 Å². The molecular weight excluding hydrogens is 204 g/mol. The third kappa shape index (κ3) is 4.03. The predicted molar refractivity (Wildman–Crippen MR) is 50.9 cm³/mol. The maximum atomic E-state index is 11.0. The van der Waals surface area contributed by atoms with Crippen molar-refractivity contribution in [1.82, 2.24) is 0 Å². The van der Waals surface area contributed by atoms with Gasteiger partial charge < -0.3 is 10.8 Å². The van der Waals surface area contributed by atoms with Crippen LogP contribution in [0.1, 0.15) is 26.2 Å². The first-order valence-electron chi connectivity index (χ1n) is 4.46. The van der Waals surface area contributed by atoms with Crippen molar-refractivity contribution in [2.24, 2.45) is 5.73 Å². The molecule has 0 amide bonds. The highest BCUT2D eigenvalue weighted by atomic mass is 16.6. The molecule has 0 saturated heterocycles. The molecule has 0 aromatic rings. The van der Waals surface area contributed by atoms with E-state index >= 15 is 0 Å². The molecule has 0 unspecified atom stereocenters. The number of nitro groups is 1. The molecule has 15 heavy (non-hydrogen) atoms. The van der Waals surface area contributed by atoms with Gasteiger partial charge in [0.1, 0.15) is 0 Å². The monoisotopic (exact) mass is 218 g/mol. The van der Waals surface area contributed by atoms with Crippen molar-refractivity contribution in [3.63, 3.8) is 0 Å². The first-order valence-corrected chi connectivity index (χ1v) is 4.46. The molecular formula is C8H14N2O5. The average molecular weight is 218 g/mol. The van der Waals surface area contributed by atoms with Gasteiger partial charge in [0.05, 0.1) is 0 Å². The highest BCUT2D eigenvalue weighted by Crippen LogP contribution is 2.13. The Labute approximate surface area is 86.4 Å². The zero-order chi connectivity index (χ0) is 12.1. The summed E-state index contributed by atoms with van der Waals surface area (Å²) in [5.74, 6) is -2.03. The summed E-state index contributed by atoms with van der Waals surface area (Å²) in [5, 5.41) is 18.7. The Morgan fingerprint density at radius 3 is 2.33 bits per heavy atom. The molecule has 0 rings (SSSR count). The Bertz CT molecular complexity index is 262. The van der Waals surface area contributed by atoms with Crippen LogP contribution >= 0.6 is 0 Å². The Kier molecular flexibility index (Phi) is 4.86. The fourth-order valence-electron chi connectivity index (χ4n) is 1.08. The summed E-state index contributed by atoms with van der Waals surface area (Å²) in [4.78, 5) is 31.2. The second-order valence-electron chi connectivity index (χ2n) is 3.35. The van der Waals surface area contributed by atoms with E-state index in [-0.39, 0.29) is 25.8 Å². The number of aliphatic carboxylic acids is 1. The van der Waals surface area contributed by atoms with Crippen LogP contribution in [0.2, 0.25) is 0 Å². The van der Waals surface area contributed by atoms with Gasteiger partial charge >= 0.3 is 5.97 Å². The van der Waals surface area contributed by atoms with Crippen LogP contribution in [0, 0.1) is 10.1 Å². The van der Waals surface area contributed by atoms with Crippen molar-refractivity contribution >= 4 is 11.8 Å². The third-order valence-corrected chi connectivity index (χ3v) is 2.17. The Morgan fingerprint density at radius 1 is 1.47 bits per heavy atom. The number of rotatable bonds is 7. The molecule has 0 heterocycles. The molecule has 7 nitrogen and oxygen atoms in total. The molecule has 0 aromatic carbocycles. The summed E-state index contributed by atoms with van der Waals surface area (Å²) in [6.45, 7) is 0.856. The third-order valence-electron chi connectivity index (χ3n) is 2.17. The van der Waals surface area contributed by atoms with Crippen LogP contribution in [0.4, 0.5) is 0 Å². The van der Waals surface area contributed by atoms with Crippen LogP contribution in [-0.2, 0) is 9.59 Å². The van der Waals surface area contributed by atoms with E-state index in [2.05, 4.69) is 0 Å². The molecule has 1 atom stereocenters. The molecule has 86 valence electrons. The number of hydrogen-bond acceptors (Lipinski definition) is 5. The second kappa shape index (κ2) is 5.40. The maximum absolute atomic E-state index is 11.0. The fourth-order valence-corrected chi connectivity index (χ4v) is 1.08. The normalized spacial score (nSPS) is 14.3. The molecule has 0 bridgehead atoms. The van der Waals surface area contributed by atoms with Gasteiger partial charge in [-0.05, 0) is 19.8 Å². The number of hydrogen-bond donors (Lipinski definition) is 2. The number of Topliss-reactive ketones (excluding diaryl/α,β-unsaturated/α-hetero) is 1. The molecule has 7 heteroatoms. The van der Waals surface area contributed by atoms with E-state index < -0.39 is 22.2 Å². The molecule has 0 aliphatic heterocycles. The standard InChI is InChI=1S/C8H14N2O5/c1-6(11)8(9,7(12)13)4-2-3-5-10(14)15/h2-5,9H2,1H3,(H,12,13)/t8-/m0/s1. The Morgan fingerprint density at radius 2 is 2.00 bits per heavy atom. The van der Waals surface area contributed by atoms with Crippen molar-refractivity contribution in [3.05, 3.63) is 10.1 Å². The molecule has 0 aliphatic carbocycles. The van der Waals surface area contributed by atoms with Gasteiger partial charge in [-0.3, -0.25) is 14.9 Å². The smallest absolute Gasteiger partial charge is 0.331 e. The van der Waals surface area contributed by atoms with Crippen molar-refractivity contribution < 1.29 is 19.6 Å². The minimum atomic E-state index is -1.91. The maximum Gasteiger partial charge on any atom is 0.331 e. The van der Waals surface area contributed by atoms with Crippen molar-refractivity contribution in [3.8, 4) is 0 Å². The van der Waals surface area contributed by atoms with Crippen LogP contribution in [-0.4, -0.2) is 33.9 Å². The average Bonchev–Trinajstić information content (AvgIpc) is 2.10. The van der Waals surface area contributed by atoms with E-state index in [1.54, 1.807) is 0 Å². The van der Waals surface area contributed by atoms with Crippen LogP contribution in [0.3, 0.4) is 0 Å². The Balaban J connectivity index is 4.15. The van der Waals surface area contributed by atoms with Crippen LogP contribution < -0.4 is 5.73 Å². The van der Waals surface area contributed by atoms with Gasteiger partial charge in [0, 0.05) is 11.3 Å². The van der Waals surface area contributed by atoms with E-state index in [1.807, 2.05) is 0 Å². The molecule has 0 fully saturated rings. The lowest BCUT2D eigenvalue weighted by Crippen LogP contribution is -2.53. The molecule has 0 aliphatic rings. The van der Waals surface area contributed by atoms with Crippen molar-refractivity contribution in [1.29, 1.82) is 0 Å². The van der Waals surface area contributed by atoms with Gasteiger partial charge in [0.15, 0.2) is 11.3 Å². The number of nitrogens with zero attached hydrogens (tertiary/aromatic N) is 1. The van der Waals surface area contributed by atoms with E-state index in [1.165, 1.54) is 0 Å². The topological polar surface area (TPSA) is 124 Å². The highest BCUT2D eigenvalue weighted by molar-refractivity contribution is 6.06. The molecule has 0 radical (unpaired) electrons. The van der Waals surface area contributed by atoms with Gasteiger partial charge in [0.2, 0.25) is 6.54 Å². The number of carboxylic acid groups (broad SMARTS) is 1. The predicted octanol–water partition coefficient (Wildman–Crippen LogP) is -0.196. The summed E-state index contributed by atoms with van der Waals surface area (Å²) in [5.41, 5.74) is 3.48. The fraction of sp³-hybridized carbons (Fsp3) is 0.750. The minimum absolute atomic E-state index is 0.0779. The summed E-state index contributed by atoms with van der Waals surface area (Å²) >= 11 is 0. The first kappa shape index (κ1) is 13.5. The van der Waals surface area contributed by atoms with Gasteiger partial charge in [-0.2, -0.15) is 0 Å². The number of carboxylic acids is 1. The van der Waals surface area contributed by atoms with Crippen molar-refractivity contribution in [2.75, 3.05) is 6.54 Å². The minimum Gasteiger partial charge on any atom is -0.480 e. The van der Waals surface area contributed by atoms with Gasteiger partial charge in [-0.25, -0.2) is 4.79 Å². The summed E-state index contributed by atoms with van der Waals surface area (Å²) in [6, 6.07) is 0. The molecule has 0 aromatic heterocycles. The van der Waals surface area contributed by atoms with E-state index in [0.29, 0.717) is 0 Å². The second-order valence-corrected chi connectivity index (χ2v) is 3.35. The number of unbranched alkanes of at least 4 members (excludes halogenated alkanes) is 1. The van der Waals surface area contributed by atoms with Crippen LogP contribution in [0.25, 0.3) is 0 Å². The summed E-state index contributed by atoms with van der Waals surface area (Å²) in [6.07, 6.45) is 0.376. The molecule has 3 N–H and O–H groups in total. The lowest BCUT2D eigenvalue weighted by Gasteiger charge is -2.20. The highest BCUT2D eigenvalue weighted by Gasteiger charge is 2.38. The zero-order valence-electron chi connectivity index (χ0n) is 8.43. The summed E-state index contributed by atoms with van der Waals surface area (Å²) < 4.78 is 0. The van der Waals surface area contributed by atoms with Gasteiger partial charge in [0.25, 0.3) is 0 Å². The molecule has 0 saturated carbocycles. The van der Waals surface area contributed by atoms with E-state index in [0.717, 1.165) is 6.92 Å². The SMILES string of the molecule is CC(=O)[C@@](N)(CCCC[N+](=O)[O-])C(=O)O. The van der Waals surface area contributed by atoms with Crippen LogP contribution in [0.15, 0.2) is 0 Å². The summed E-state index contributed by atoms with van der Waals surface area (Å²) in [7, 11) is 0. The van der Waals surface area contributed by atoms with E-state index in [9.17, 15) is 19.7 Å². The lowest BCUT2D eigenvalue weighted by molar-refractivity contribution is -0.480. The quantitative estimate of drug-likeness (QED) is 0.264.